The van der Waals surface area contributed by atoms with Gasteiger partial charge in [0, 0.05) is 47.7 Å². The Balaban J connectivity index is 1.46. The monoisotopic (exact) mass is 404 g/mol. The van der Waals surface area contributed by atoms with Gasteiger partial charge in [-0.3, -0.25) is 0 Å². The lowest BCUT2D eigenvalue weighted by atomic mass is 10.1. The minimum atomic E-state index is -0.450. The number of carbonyl (C=O) groups excluding carboxylic acids is 1. The van der Waals surface area contributed by atoms with Crippen LogP contribution in [0.5, 0.6) is 0 Å². The summed E-state index contributed by atoms with van der Waals surface area (Å²) in [4.78, 5) is 16.5. The summed E-state index contributed by atoms with van der Waals surface area (Å²) in [6, 6.07) is 13.6. The number of aryl methyl sites for hydroxylation is 1. The number of nitriles is 1. The Bertz CT molecular complexity index is 1260. The minimum absolute atomic E-state index is 0.0758. The van der Waals surface area contributed by atoms with Crippen LogP contribution in [0.25, 0.3) is 22.6 Å². The second-order valence-electron chi connectivity index (χ2n) is 6.49. The number of para-hydroxylation sites is 1. The molecule has 4 aromatic rings. The molecule has 3 aromatic heterocycles. The first-order chi connectivity index (χ1) is 14.1. The van der Waals surface area contributed by atoms with Gasteiger partial charge in [0.25, 0.3) is 0 Å². The summed E-state index contributed by atoms with van der Waals surface area (Å²) in [5.41, 5.74) is 3.31. The van der Waals surface area contributed by atoms with Crippen LogP contribution >= 0.6 is 11.6 Å². The molecule has 4 rings (SSSR count). The molecule has 0 atom stereocenters. The Hall–Kier alpha value is -3.56. The molecule has 0 aliphatic rings. The first-order valence-corrected chi connectivity index (χ1v) is 9.44. The molecule has 0 radical (unpaired) electrons. The number of benzene rings is 1. The van der Waals surface area contributed by atoms with Crippen LogP contribution in [0.15, 0.2) is 61.1 Å². The molecule has 1 aromatic carbocycles. The molecule has 6 nitrogen and oxygen atoms in total. The molecule has 0 unspecified atom stereocenters. The Morgan fingerprint density at radius 2 is 2.07 bits per heavy atom. The largest absolute Gasteiger partial charge is 0.456 e. The van der Waals surface area contributed by atoms with Gasteiger partial charge < -0.3 is 13.7 Å². The highest BCUT2D eigenvalue weighted by Gasteiger charge is 2.08. The highest BCUT2D eigenvalue weighted by molar-refractivity contribution is 6.30. The zero-order valence-electron chi connectivity index (χ0n) is 15.5. The predicted octanol–water partition coefficient (Wildman–Crippen LogP) is 4.61. The van der Waals surface area contributed by atoms with Crippen LogP contribution in [0.2, 0.25) is 5.02 Å². The molecule has 0 N–H and O–H groups in total. The molecular weight excluding hydrogens is 388 g/mol. The molecule has 0 saturated heterocycles. The molecule has 144 valence electrons. The zero-order valence-corrected chi connectivity index (χ0v) is 16.2. The molecule has 0 aliphatic carbocycles. The fourth-order valence-electron chi connectivity index (χ4n) is 3.20. The molecule has 3 heterocycles. The van der Waals surface area contributed by atoms with E-state index in [1.807, 2.05) is 35.0 Å². The maximum atomic E-state index is 12.2. The van der Waals surface area contributed by atoms with Gasteiger partial charge in [-0.1, -0.05) is 29.8 Å². The second-order valence-corrected chi connectivity index (χ2v) is 6.93. The average Bonchev–Trinajstić information content (AvgIpc) is 3.29. The van der Waals surface area contributed by atoms with E-state index in [-0.39, 0.29) is 6.61 Å². The van der Waals surface area contributed by atoms with E-state index >= 15 is 0 Å². The van der Waals surface area contributed by atoms with Gasteiger partial charge in [0.05, 0.1) is 23.2 Å². The van der Waals surface area contributed by atoms with Crippen LogP contribution in [0.4, 0.5) is 0 Å². The minimum Gasteiger partial charge on any atom is -0.456 e. The SMILES string of the molecule is N#CCCn1cc(/C=C/C(=O)OCc2cn3cc(Cl)ccc3n2)c2ccccc21. The topological polar surface area (TPSA) is 72.3 Å². The van der Waals surface area contributed by atoms with Gasteiger partial charge in [-0.25, -0.2) is 9.78 Å². The van der Waals surface area contributed by atoms with Crippen LogP contribution in [0.3, 0.4) is 0 Å². The summed E-state index contributed by atoms with van der Waals surface area (Å²) < 4.78 is 9.12. The van der Waals surface area contributed by atoms with Crippen molar-refractivity contribution in [1.29, 1.82) is 5.26 Å². The van der Waals surface area contributed by atoms with Gasteiger partial charge in [0.15, 0.2) is 0 Å². The summed E-state index contributed by atoms with van der Waals surface area (Å²) in [5, 5.41) is 10.5. The molecule has 0 saturated carbocycles. The molecular formula is C22H17ClN4O2. The zero-order chi connectivity index (χ0) is 20.2. The molecule has 7 heteroatoms. The second kappa shape index (κ2) is 8.21. The van der Waals surface area contributed by atoms with E-state index in [0.717, 1.165) is 22.1 Å². The fourth-order valence-corrected chi connectivity index (χ4v) is 3.37. The number of hydrogen-bond donors (Lipinski definition) is 0. The number of esters is 1. The first-order valence-electron chi connectivity index (χ1n) is 9.07. The van der Waals surface area contributed by atoms with E-state index < -0.39 is 5.97 Å². The smallest absolute Gasteiger partial charge is 0.331 e. The molecule has 29 heavy (non-hydrogen) atoms. The van der Waals surface area contributed by atoms with Gasteiger partial charge in [0.1, 0.15) is 12.3 Å². The van der Waals surface area contributed by atoms with Crippen molar-refractivity contribution in [3.05, 3.63) is 77.3 Å². The Morgan fingerprint density at radius 1 is 1.21 bits per heavy atom. The number of rotatable bonds is 6. The highest BCUT2D eigenvalue weighted by atomic mass is 35.5. The van der Waals surface area contributed by atoms with Crippen molar-refractivity contribution in [3.63, 3.8) is 0 Å². The molecule has 0 bridgehead atoms. The third kappa shape index (κ3) is 4.15. The predicted molar refractivity (Wildman–Crippen MR) is 111 cm³/mol. The molecule has 0 fully saturated rings. The van der Waals surface area contributed by atoms with Crippen LogP contribution in [-0.2, 0) is 22.7 Å². The quantitative estimate of drug-likeness (QED) is 0.347. The van der Waals surface area contributed by atoms with E-state index in [9.17, 15) is 4.79 Å². The molecule has 0 spiro atoms. The van der Waals surface area contributed by atoms with Crippen LogP contribution in [0.1, 0.15) is 17.7 Å². The van der Waals surface area contributed by atoms with Gasteiger partial charge in [-0.15, -0.1) is 0 Å². The maximum absolute atomic E-state index is 12.2. The third-order valence-electron chi connectivity index (χ3n) is 4.51. The van der Waals surface area contributed by atoms with Gasteiger partial charge in [0.2, 0.25) is 0 Å². The molecule has 0 amide bonds. The van der Waals surface area contributed by atoms with Crippen molar-refractivity contribution in [2.24, 2.45) is 0 Å². The van der Waals surface area contributed by atoms with Gasteiger partial charge >= 0.3 is 5.97 Å². The van der Waals surface area contributed by atoms with Crippen LogP contribution in [-0.4, -0.2) is 19.9 Å². The lowest BCUT2D eigenvalue weighted by molar-refractivity contribution is -0.139. The van der Waals surface area contributed by atoms with Gasteiger partial charge in [-0.05, 0) is 24.3 Å². The van der Waals surface area contributed by atoms with Crippen molar-refractivity contribution < 1.29 is 9.53 Å². The number of nitrogens with zero attached hydrogens (tertiary/aromatic N) is 4. The first kappa shape index (κ1) is 18.8. The highest BCUT2D eigenvalue weighted by Crippen LogP contribution is 2.23. The average molecular weight is 405 g/mol. The van der Waals surface area contributed by atoms with Crippen molar-refractivity contribution in [1.82, 2.24) is 14.0 Å². The number of aromatic nitrogens is 3. The van der Waals surface area contributed by atoms with Crippen molar-refractivity contribution in [3.8, 4) is 6.07 Å². The third-order valence-corrected chi connectivity index (χ3v) is 4.73. The van der Waals surface area contributed by atoms with E-state index in [2.05, 4.69) is 11.1 Å². The number of halogens is 1. The normalized spacial score (nSPS) is 11.3. The lowest BCUT2D eigenvalue weighted by Gasteiger charge is -2.00. The number of fused-ring (bicyclic) bond motifs is 2. The summed E-state index contributed by atoms with van der Waals surface area (Å²) in [6.07, 6.45) is 9.03. The van der Waals surface area contributed by atoms with E-state index in [1.165, 1.54) is 6.08 Å². The van der Waals surface area contributed by atoms with Crippen molar-refractivity contribution >= 4 is 40.2 Å². The van der Waals surface area contributed by atoms with E-state index in [0.29, 0.717) is 23.7 Å². The Morgan fingerprint density at radius 3 is 2.93 bits per heavy atom. The van der Waals surface area contributed by atoms with Crippen LogP contribution in [0, 0.1) is 11.3 Å². The number of carbonyl (C=O) groups is 1. The number of pyridine rings is 1. The summed E-state index contributed by atoms with van der Waals surface area (Å²) in [7, 11) is 0. The summed E-state index contributed by atoms with van der Waals surface area (Å²) >= 11 is 5.97. The number of ether oxygens (including phenoxy) is 1. The van der Waals surface area contributed by atoms with E-state index in [1.54, 1.807) is 35.0 Å². The van der Waals surface area contributed by atoms with Gasteiger partial charge in [-0.2, -0.15) is 5.26 Å². The summed E-state index contributed by atoms with van der Waals surface area (Å²) in [6.45, 7) is 0.680. The Kier molecular flexibility index (Phi) is 5.32. The van der Waals surface area contributed by atoms with Crippen LogP contribution < -0.4 is 0 Å². The van der Waals surface area contributed by atoms with E-state index in [4.69, 9.17) is 21.6 Å². The maximum Gasteiger partial charge on any atom is 0.331 e. The molecule has 0 aliphatic heterocycles. The van der Waals surface area contributed by atoms with Crippen molar-refractivity contribution in [2.75, 3.05) is 0 Å². The Labute approximate surface area is 172 Å². The lowest BCUT2D eigenvalue weighted by Crippen LogP contribution is -2.00. The number of hydrogen-bond acceptors (Lipinski definition) is 4. The summed E-state index contributed by atoms with van der Waals surface area (Å²) in [5.74, 6) is -0.450. The fraction of sp³-hybridized carbons (Fsp3) is 0.136. The van der Waals surface area contributed by atoms with Crippen molar-refractivity contribution in [2.45, 2.75) is 19.6 Å². The standard InChI is InChI=1S/C22H17ClN4O2/c23-17-7-8-21-25-18(14-27(21)13-17)15-29-22(28)9-6-16-12-26(11-3-10-24)20-5-2-1-4-19(16)20/h1-2,4-9,12-14H,3,11,15H2/b9-6+. The number of imidazole rings is 1.